The van der Waals surface area contributed by atoms with E-state index in [9.17, 15) is 4.79 Å². The van der Waals surface area contributed by atoms with Crippen LogP contribution in [-0.2, 0) is 6.54 Å². The van der Waals surface area contributed by atoms with Crippen molar-refractivity contribution in [1.82, 2.24) is 25.0 Å². The van der Waals surface area contributed by atoms with Gasteiger partial charge in [-0.3, -0.25) is 4.68 Å². The lowest BCUT2D eigenvalue weighted by Gasteiger charge is -2.20. The number of aromatic nitrogens is 3. The lowest BCUT2D eigenvalue weighted by molar-refractivity contribution is 0.186. The summed E-state index contributed by atoms with van der Waals surface area (Å²) in [6.45, 7) is 2.48. The minimum atomic E-state index is -0.0581. The molecular formula is C17H24N6O2. The van der Waals surface area contributed by atoms with E-state index in [0.717, 1.165) is 18.0 Å². The van der Waals surface area contributed by atoms with E-state index < -0.39 is 0 Å². The maximum absolute atomic E-state index is 12.3. The average molecular weight is 344 g/mol. The molecule has 0 aliphatic carbocycles. The monoisotopic (exact) mass is 344 g/mol. The largest absolute Gasteiger partial charge is 0.485 e. The number of hydrogen-bond acceptors (Lipinski definition) is 5. The van der Waals surface area contributed by atoms with Gasteiger partial charge in [0.15, 0.2) is 11.6 Å². The number of ether oxygens (including phenoxy) is 1. The molecule has 0 radical (unpaired) electrons. The van der Waals surface area contributed by atoms with E-state index in [4.69, 9.17) is 4.74 Å². The molecule has 8 heteroatoms. The Hall–Kier alpha value is -2.77. The van der Waals surface area contributed by atoms with Crippen molar-refractivity contribution in [2.24, 2.45) is 0 Å². The van der Waals surface area contributed by atoms with Gasteiger partial charge in [0.1, 0.15) is 6.10 Å². The third-order valence-electron chi connectivity index (χ3n) is 4.08. The van der Waals surface area contributed by atoms with Gasteiger partial charge in [0, 0.05) is 52.2 Å². The number of hydrogen-bond donors (Lipinski definition) is 1. The number of amides is 2. The van der Waals surface area contributed by atoms with Crippen molar-refractivity contribution >= 4 is 11.8 Å². The normalized spacial score (nSPS) is 16.7. The van der Waals surface area contributed by atoms with Gasteiger partial charge in [-0.1, -0.05) is 0 Å². The quantitative estimate of drug-likeness (QED) is 0.852. The van der Waals surface area contributed by atoms with Crippen LogP contribution in [0.15, 0.2) is 36.8 Å². The van der Waals surface area contributed by atoms with E-state index in [0.29, 0.717) is 26.2 Å². The Labute approximate surface area is 147 Å². The molecule has 0 bridgehead atoms. The minimum absolute atomic E-state index is 0.0141. The number of nitrogens with zero attached hydrogens (tertiary/aromatic N) is 5. The van der Waals surface area contributed by atoms with Crippen LogP contribution in [0.1, 0.15) is 6.42 Å². The fraction of sp³-hybridized carbons (Fsp3) is 0.471. The molecule has 1 N–H and O–H groups in total. The lowest BCUT2D eigenvalue weighted by atomic mass is 10.3. The van der Waals surface area contributed by atoms with Gasteiger partial charge in [0.25, 0.3) is 0 Å². The zero-order valence-corrected chi connectivity index (χ0v) is 14.6. The first kappa shape index (κ1) is 17.1. The maximum Gasteiger partial charge on any atom is 0.317 e. The number of rotatable bonds is 6. The number of nitrogens with one attached hydrogen (secondary N) is 1. The Kier molecular flexibility index (Phi) is 5.37. The smallest absolute Gasteiger partial charge is 0.317 e. The summed E-state index contributed by atoms with van der Waals surface area (Å²) in [6, 6.07) is 5.58. The molecule has 3 rings (SSSR count). The summed E-state index contributed by atoms with van der Waals surface area (Å²) in [5, 5.41) is 7.04. The van der Waals surface area contributed by atoms with E-state index in [1.807, 2.05) is 43.4 Å². The van der Waals surface area contributed by atoms with Gasteiger partial charge < -0.3 is 19.9 Å². The van der Waals surface area contributed by atoms with Crippen molar-refractivity contribution in [1.29, 1.82) is 0 Å². The van der Waals surface area contributed by atoms with Gasteiger partial charge in [-0.05, 0) is 18.2 Å². The van der Waals surface area contributed by atoms with Crippen molar-refractivity contribution in [3.63, 3.8) is 0 Å². The second kappa shape index (κ2) is 7.87. The second-order valence-corrected chi connectivity index (χ2v) is 6.20. The Bertz CT molecular complexity index is 688. The number of carbonyl (C=O) groups is 1. The van der Waals surface area contributed by atoms with Crippen LogP contribution in [-0.4, -0.2) is 65.5 Å². The molecule has 1 aliphatic heterocycles. The molecule has 0 spiro atoms. The molecule has 1 atom stereocenters. The standard InChI is InChI=1S/C17H24N6O2/c1-21(2)16-15(5-3-7-18-16)25-14-6-11-22(13-14)17(24)19-9-12-23-10-4-8-20-23/h3-5,7-8,10,14H,6,9,11-13H2,1-2H3,(H,19,24). The molecule has 2 amide bonds. The van der Waals surface area contributed by atoms with Gasteiger partial charge in [0.2, 0.25) is 0 Å². The Morgan fingerprint density at radius 2 is 2.28 bits per heavy atom. The highest BCUT2D eigenvalue weighted by molar-refractivity contribution is 5.74. The number of likely N-dealkylation sites (tertiary alicyclic amines) is 1. The first-order valence-electron chi connectivity index (χ1n) is 8.42. The van der Waals surface area contributed by atoms with Crippen LogP contribution < -0.4 is 15.0 Å². The molecule has 134 valence electrons. The Morgan fingerprint density at radius 1 is 1.40 bits per heavy atom. The van der Waals surface area contributed by atoms with Crippen LogP contribution in [0.4, 0.5) is 10.6 Å². The molecular weight excluding hydrogens is 320 g/mol. The van der Waals surface area contributed by atoms with Crippen molar-refractivity contribution in [2.75, 3.05) is 38.6 Å². The van der Waals surface area contributed by atoms with E-state index in [1.54, 1.807) is 22.0 Å². The predicted octanol–water partition coefficient (Wildman–Crippen LogP) is 1.21. The summed E-state index contributed by atoms with van der Waals surface area (Å²) in [6.07, 6.45) is 6.15. The average Bonchev–Trinajstić information content (AvgIpc) is 3.27. The zero-order valence-electron chi connectivity index (χ0n) is 14.6. The Balaban J connectivity index is 1.47. The molecule has 8 nitrogen and oxygen atoms in total. The van der Waals surface area contributed by atoms with Crippen molar-refractivity contribution in [3.8, 4) is 5.75 Å². The predicted molar refractivity (Wildman–Crippen MR) is 94.8 cm³/mol. The van der Waals surface area contributed by atoms with Crippen LogP contribution in [0.2, 0.25) is 0 Å². The summed E-state index contributed by atoms with van der Waals surface area (Å²) in [7, 11) is 3.87. The summed E-state index contributed by atoms with van der Waals surface area (Å²) < 4.78 is 7.86. The summed E-state index contributed by atoms with van der Waals surface area (Å²) >= 11 is 0. The first-order chi connectivity index (χ1) is 12.1. The molecule has 2 aromatic rings. The van der Waals surface area contributed by atoms with Crippen LogP contribution in [0.5, 0.6) is 5.75 Å². The Morgan fingerprint density at radius 3 is 3.04 bits per heavy atom. The molecule has 0 aromatic carbocycles. The molecule has 25 heavy (non-hydrogen) atoms. The van der Waals surface area contributed by atoms with Gasteiger partial charge in [-0.25, -0.2) is 9.78 Å². The molecule has 0 saturated carbocycles. The highest BCUT2D eigenvalue weighted by Crippen LogP contribution is 2.26. The fourth-order valence-corrected chi connectivity index (χ4v) is 2.82. The highest BCUT2D eigenvalue weighted by atomic mass is 16.5. The molecule has 3 heterocycles. The molecule has 1 fully saturated rings. The number of urea groups is 1. The van der Waals surface area contributed by atoms with E-state index in [-0.39, 0.29) is 12.1 Å². The van der Waals surface area contributed by atoms with Gasteiger partial charge in [-0.2, -0.15) is 5.10 Å². The maximum atomic E-state index is 12.3. The van der Waals surface area contributed by atoms with E-state index >= 15 is 0 Å². The van der Waals surface area contributed by atoms with Gasteiger partial charge in [-0.15, -0.1) is 0 Å². The van der Waals surface area contributed by atoms with Crippen LogP contribution >= 0.6 is 0 Å². The van der Waals surface area contributed by atoms with Crippen molar-refractivity contribution in [3.05, 3.63) is 36.8 Å². The molecule has 1 unspecified atom stereocenters. The van der Waals surface area contributed by atoms with Crippen LogP contribution in [0.25, 0.3) is 0 Å². The minimum Gasteiger partial charge on any atom is -0.485 e. The molecule has 1 aliphatic rings. The third-order valence-corrected chi connectivity index (χ3v) is 4.08. The van der Waals surface area contributed by atoms with E-state index in [1.165, 1.54) is 0 Å². The molecule has 1 saturated heterocycles. The molecule has 2 aromatic heterocycles. The van der Waals surface area contributed by atoms with Gasteiger partial charge in [0.05, 0.1) is 13.1 Å². The van der Waals surface area contributed by atoms with Crippen molar-refractivity contribution < 1.29 is 9.53 Å². The summed E-state index contributed by atoms with van der Waals surface area (Å²) in [5.41, 5.74) is 0. The van der Waals surface area contributed by atoms with Crippen molar-refractivity contribution in [2.45, 2.75) is 19.1 Å². The lowest BCUT2D eigenvalue weighted by Crippen LogP contribution is -2.40. The van der Waals surface area contributed by atoms with Gasteiger partial charge >= 0.3 is 6.03 Å². The number of carbonyl (C=O) groups excluding carboxylic acids is 1. The van der Waals surface area contributed by atoms with E-state index in [2.05, 4.69) is 15.4 Å². The second-order valence-electron chi connectivity index (χ2n) is 6.20. The number of anilines is 1. The highest BCUT2D eigenvalue weighted by Gasteiger charge is 2.28. The SMILES string of the molecule is CN(C)c1ncccc1OC1CCN(C(=O)NCCn2cccn2)C1. The first-order valence-corrected chi connectivity index (χ1v) is 8.42. The fourth-order valence-electron chi connectivity index (χ4n) is 2.82. The summed E-state index contributed by atoms with van der Waals surface area (Å²) in [4.78, 5) is 20.3. The van der Waals surface area contributed by atoms with Crippen LogP contribution in [0.3, 0.4) is 0 Å². The topological polar surface area (TPSA) is 75.5 Å². The number of pyridine rings is 1. The zero-order chi connectivity index (χ0) is 17.6. The summed E-state index contributed by atoms with van der Waals surface area (Å²) in [5.74, 6) is 1.54. The third kappa shape index (κ3) is 4.40. The van der Waals surface area contributed by atoms with Crippen LogP contribution in [0, 0.1) is 0 Å².